The number of nitrogens with one attached hydrogen (secondary N) is 2. The molecule has 1 heterocycles. The number of ether oxygens (including phenoxy) is 2. The Morgan fingerprint density at radius 1 is 0.964 bits per heavy atom. The maximum atomic E-state index is 12.8. The summed E-state index contributed by atoms with van der Waals surface area (Å²) < 4.78 is 49.7. The van der Waals surface area contributed by atoms with Gasteiger partial charge in [-0.2, -0.15) is 13.2 Å². The lowest BCUT2D eigenvalue weighted by Crippen LogP contribution is -2.36. The Balaban J connectivity index is 1.56. The van der Waals surface area contributed by atoms with Crippen molar-refractivity contribution < 1.29 is 22.6 Å². The maximum absolute atomic E-state index is 12.8. The van der Waals surface area contributed by atoms with Gasteiger partial charge in [0.15, 0.2) is 17.5 Å². The molecule has 0 fully saturated rings. The van der Waals surface area contributed by atoms with Crippen LogP contribution in [0.15, 0.2) is 47.5 Å². The van der Waals surface area contributed by atoms with Gasteiger partial charge in [-0.1, -0.05) is 18.2 Å². The highest BCUT2D eigenvalue weighted by atomic mass is 19.4. The van der Waals surface area contributed by atoms with E-state index in [4.69, 9.17) is 9.47 Å². The number of guanidine groups is 1. The van der Waals surface area contributed by atoms with E-state index in [0.29, 0.717) is 37.0 Å². The molecule has 1 aliphatic heterocycles. The third-order valence-corrected chi connectivity index (χ3v) is 4.21. The van der Waals surface area contributed by atoms with Gasteiger partial charge in [0.05, 0.1) is 18.8 Å². The van der Waals surface area contributed by atoms with Crippen LogP contribution in [0.25, 0.3) is 0 Å². The van der Waals surface area contributed by atoms with Gasteiger partial charge in [0.2, 0.25) is 0 Å². The molecule has 0 aromatic heterocycles. The number of hydrogen-bond donors (Lipinski definition) is 2. The molecule has 0 radical (unpaired) electrons. The minimum absolute atomic E-state index is 0.227. The lowest BCUT2D eigenvalue weighted by atomic mass is 10.1. The molecule has 0 bridgehead atoms. The third-order valence-electron chi connectivity index (χ3n) is 4.21. The third kappa shape index (κ3) is 5.31. The summed E-state index contributed by atoms with van der Waals surface area (Å²) >= 11 is 0. The predicted octanol–water partition coefficient (Wildman–Crippen LogP) is 3.73. The van der Waals surface area contributed by atoms with Crippen molar-refractivity contribution in [2.24, 2.45) is 4.99 Å². The number of halogens is 3. The summed E-state index contributed by atoms with van der Waals surface area (Å²) in [5.41, 5.74) is 0.835. The summed E-state index contributed by atoms with van der Waals surface area (Å²) in [6, 6.07) is 10.9. The summed E-state index contributed by atoms with van der Waals surface area (Å²) in [6.45, 7) is 1.96. The van der Waals surface area contributed by atoms with Crippen molar-refractivity contribution in [3.63, 3.8) is 0 Å². The van der Waals surface area contributed by atoms with Crippen LogP contribution in [-0.4, -0.2) is 26.2 Å². The molecule has 2 N–H and O–H groups in total. The molecule has 0 atom stereocenters. The van der Waals surface area contributed by atoms with Crippen LogP contribution >= 0.6 is 0 Å². The highest BCUT2D eigenvalue weighted by Gasteiger charge is 2.30. The number of fused-ring (bicyclic) bond motifs is 1. The van der Waals surface area contributed by atoms with Crippen molar-refractivity contribution in [2.45, 2.75) is 25.7 Å². The second-order valence-corrected chi connectivity index (χ2v) is 6.31. The summed E-state index contributed by atoms with van der Waals surface area (Å²) in [5.74, 6) is 1.93. The number of benzene rings is 2. The highest BCUT2D eigenvalue weighted by molar-refractivity contribution is 5.79. The molecule has 8 heteroatoms. The minimum atomic E-state index is -4.35. The quantitative estimate of drug-likeness (QED) is 0.614. The molecule has 0 saturated heterocycles. The monoisotopic (exact) mass is 393 g/mol. The highest BCUT2D eigenvalue weighted by Crippen LogP contribution is 2.30. The fourth-order valence-electron chi connectivity index (χ4n) is 2.77. The summed E-state index contributed by atoms with van der Waals surface area (Å²) in [5, 5.41) is 6.17. The Morgan fingerprint density at radius 2 is 1.64 bits per heavy atom. The Bertz CT molecular complexity index is 838. The van der Waals surface area contributed by atoms with Gasteiger partial charge >= 0.3 is 6.18 Å². The van der Waals surface area contributed by atoms with Crippen LogP contribution in [0.2, 0.25) is 0 Å². The molecule has 0 aliphatic carbocycles. The van der Waals surface area contributed by atoms with E-state index in [9.17, 15) is 13.2 Å². The van der Waals surface area contributed by atoms with E-state index in [2.05, 4.69) is 15.6 Å². The van der Waals surface area contributed by atoms with Crippen LogP contribution in [0.3, 0.4) is 0 Å². The molecule has 0 saturated carbocycles. The van der Waals surface area contributed by atoms with Crippen molar-refractivity contribution in [3.05, 3.63) is 59.2 Å². The smallest absolute Gasteiger partial charge is 0.416 e. The van der Waals surface area contributed by atoms with E-state index in [1.54, 1.807) is 13.1 Å². The number of alkyl halides is 3. The van der Waals surface area contributed by atoms with E-state index in [1.807, 2.05) is 18.2 Å². The van der Waals surface area contributed by atoms with Crippen LogP contribution in [0.5, 0.6) is 11.5 Å². The standard InChI is InChI=1S/C20H22F3N3O2/c1-24-19(25-12-14-4-2-5-16(10-14)20(21,22)23)26-13-15-6-7-17-18(11-15)28-9-3-8-27-17/h2,4-7,10-11H,3,8-9,12-13H2,1H3,(H2,24,25,26). The van der Waals surface area contributed by atoms with Gasteiger partial charge in [0, 0.05) is 26.6 Å². The fraction of sp³-hybridized carbons (Fsp3) is 0.350. The Hall–Kier alpha value is -2.90. The summed E-state index contributed by atoms with van der Waals surface area (Å²) in [6.07, 6.45) is -3.51. The molecule has 2 aromatic rings. The van der Waals surface area contributed by atoms with Crippen molar-refractivity contribution >= 4 is 5.96 Å². The summed E-state index contributed by atoms with van der Waals surface area (Å²) in [7, 11) is 1.61. The number of aliphatic imine (C=N–C) groups is 1. The van der Waals surface area contributed by atoms with E-state index in [0.717, 1.165) is 29.9 Å². The first-order chi connectivity index (χ1) is 13.5. The fourth-order valence-corrected chi connectivity index (χ4v) is 2.77. The molecule has 3 rings (SSSR count). The van der Waals surface area contributed by atoms with Gasteiger partial charge in [0.1, 0.15) is 0 Å². The molecule has 150 valence electrons. The van der Waals surface area contributed by atoms with Crippen LogP contribution in [0.4, 0.5) is 13.2 Å². The van der Waals surface area contributed by atoms with Crippen molar-refractivity contribution in [1.29, 1.82) is 0 Å². The largest absolute Gasteiger partial charge is 0.490 e. The molecular formula is C20H22F3N3O2. The van der Waals surface area contributed by atoms with Gasteiger partial charge in [-0.15, -0.1) is 0 Å². The average molecular weight is 393 g/mol. The number of hydrogen-bond acceptors (Lipinski definition) is 3. The zero-order valence-corrected chi connectivity index (χ0v) is 15.5. The van der Waals surface area contributed by atoms with Crippen LogP contribution < -0.4 is 20.1 Å². The Labute approximate surface area is 161 Å². The molecule has 0 unspecified atom stereocenters. The van der Waals surface area contributed by atoms with Crippen molar-refractivity contribution in [1.82, 2.24) is 10.6 Å². The Kier molecular flexibility index (Phi) is 6.28. The van der Waals surface area contributed by atoms with Gasteiger partial charge < -0.3 is 20.1 Å². The van der Waals surface area contributed by atoms with Crippen LogP contribution in [-0.2, 0) is 19.3 Å². The second-order valence-electron chi connectivity index (χ2n) is 6.31. The van der Waals surface area contributed by atoms with Crippen molar-refractivity contribution in [3.8, 4) is 11.5 Å². The first-order valence-electron chi connectivity index (χ1n) is 8.95. The normalized spacial score (nSPS) is 14.4. The molecular weight excluding hydrogens is 371 g/mol. The van der Waals surface area contributed by atoms with E-state index in [1.165, 1.54) is 6.07 Å². The van der Waals surface area contributed by atoms with Gasteiger partial charge in [-0.05, 0) is 35.4 Å². The van der Waals surface area contributed by atoms with Crippen LogP contribution in [0, 0.1) is 0 Å². The lowest BCUT2D eigenvalue weighted by Gasteiger charge is -2.14. The van der Waals surface area contributed by atoms with Crippen molar-refractivity contribution in [2.75, 3.05) is 20.3 Å². The first-order valence-corrected chi connectivity index (χ1v) is 8.95. The van der Waals surface area contributed by atoms with Crippen LogP contribution in [0.1, 0.15) is 23.1 Å². The minimum Gasteiger partial charge on any atom is -0.490 e. The van der Waals surface area contributed by atoms with E-state index < -0.39 is 11.7 Å². The zero-order valence-electron chi connectivity index (χ0n) is 15.5. The van der Waals surface area contributed by atoms with E-state index >= 15 is 0 Å². The molecule has 5 nitrogen and oxygen atoms in total. The average Bonchev–Trinajstić information content (AvgIpc) is 2.92. The summed E-state index contributed by atoms with van der Waals surface area (Å²) in [4.78, 5) is 4.11. The molecule has 1 aliphatic rings. The molecule has 2 aromatic carbocycles. The topological polar surface area (TPSA) is 54.9 Å². The van der Waals surface area contributed by atoms with Gasteiger partial charge in [-0.25, -0.2) is 0 Å². The second kappa shape index (κ2) is 8.86. The number of rotatable bonds is 4. The lowest BCUT2D eigenvalue weighted by molar-refractivity contribution is -0.137. The molecule has 0 amide bonds. The van der Waals surface area contributed by atoms with Gasteiger partial charge in [0.25, 0.3) is 0 Å². The Morgan fingerprint density at radius 3 is 2.32 bits per heavy atom. The maximum Gasteiger partial charge on any atom is 0.416 e. The zero-order chi connectivity index (χ0) is 20.0. The predicted molar refractivity (Wildman–Crippen MR) is 101 cm³/mol. The SMILES string of the molecule is CN=C(NCc1cccc(C(F)(F)F)c1)NCc1ccc2c(c1)OCCCO2. The van der Waals surface area contributed by atoms with E-state index in [-0.39, 0.29) is 6.54 Å². The van der Waals surface area contributed by atoms with Gasteiger partial charge in [-0.3, -0.25) is 4.99 Å². The molecule has 0 spiro atoms. The first kappa shape index (κ1) is 19.9. The molecule has 28 heavy (non-hydrogen) atoms. The number of nitrogens with zero attached hydrogens (tertiary/aromatic N) is 1.